The van der Waals surface area contributed by atoms with Gasteiger partial charge >= 0.3 is 5.69 Å². The maximum atomic E-state index is 14.2. The van der Waals surface area contributed by atoms with Crippen LogP contribution >= 0.6 is 23.4 Å². The number of thioether (sulfide) groups is 1. The Kier molecular flexibility index (Phi) is 14.4. The number of H-pyrrole nitrogens is 1. The molecule has 2 aromatic rings. The molecule has 13 heteroatoms. The van der Waals surface area contributed by atoms with Crippen molar-refractivity contribution in [2.24, 2.45) is 0 Å². The van der Waals surface area contributed by atoms with E-state index in [1.54, 1.807) is 12.1 Å². The predicted molar refractivity (Wildman–Crippen MR) is 135 cm³/mol. The summed E-state index contributed by atoms with van der Waals surface area (Å²) in [5, 5.41) is 5.58. The molecule has 0 aliphatic heterocycles. The number of aromatic nitrogens is 2. The highest BCUT2D eigenvalue weighted by Gasteiger charge is 2.22. The first kappa shape index (κ1) is 30.0. The van der Waals surface area contributed by atoms with Crippen LogP contribution in [0.1, 0.15) is 12.0 Å². The van der Waals surface area contributed by atoms with Crippen molar-refractivity contribution in [2.45, 2.75) is 23.2 Å². The van der Waals surface area contributed by atoms with Gasteiger partial charge < -0.3 is 29.6 Å². The highest BCUT2D eigenvalue weighted by atomic mass is 35.5. The Morgan fingerprint density at radius 2 is 1.86 bits per heavy atom. The number of ether oxygens (including phenoxy) is 4. The molecule has 1 atom stereocenters. The first-order valence-corrected chi connectivity index (χ1v) is 12.6. The van der Waals surface area contributed by atoms with E-state index in [1.807, 2.05) is 7.05 Å². The zero-order valence-electron chi connectivity index (χ0n) is 20.3. The van der Waals surface area contributed by atoms with Gasteiger partial charge in [0.15, 0.2) is 0 Å². The molecule has 2 rings (SSSR count). The number of carbonyl (C=O) groups excluding carboxylic acids is 1. The van der Waals surface area contributed by atoms with Crippen molar-refractivity contribution >= 4 is 29.3 Å². The van der Waals surface area contributed by atoms with Crippen LogP contribution in [0.3, 0.4) is 0 Å². The topological polar surface area (TPSA) is 124 Å². The fraction of sp³-hybridized carbons (Fsp3) is 0.522. The Balaban J connectivity index is 1.85. The summed E-state index contributed by atoms with van der Waals surface area (Å²) in [6.07, 6.45) is 1.54. The van der Waals surface area contributed by atoms with E-state index in [0.717, 1.165) is 18.3 Å². The van der Waals surface area contributed by atoms with E-state index >= 15 is 0 Å². The van der Waals surface area contributed by atoms with E-state index in [9.17, 15) is 14.0 Å². The molecule has 1 unspecified atom stereocenters. The zero-order valence-corrected chi connectivity index (χ0v) is 21.9. The molecular formula is C23H32ClFN4O6S. The van der Waals surface area contributed by atoms with Crippen LogP contribution in [0.2, 0.25) is 5.02 Å². The smallest absolute Gasteiger partial charge is 0.345 e. The molecular weight excluding hydrogens is 515 g/mol. The van der Waals surface area contributed by atoms with Gasteiger partial charge in [0, 0.05) is 31.3 Å². The summed E-state index contributed by atoms with van der Waals surface area (Å²) in [6, 6.07) is 4.41. The summed E-state index contributed by atoms with van der Waals surface area (Å²) in [5.74, 6) is -0.464. The minimum absolute atomic E-state index is 0.0165. The Morgan fingerprint density at radius 1 is 1.17 bits per heavy atom. The van der Waals surface area contributed by atoms with Crippen LogP contribution in [0.4, 0.5) is 4.39 Å². The van der Waals surface area contributed by atoms with E-state index in [4.69, 9.17) is 30.5 Å². The monoisotopic (exact) mass is 546 g/mol. The lowest BCUT2D eigenvalue weighted by molar-refractivity contribution is -0.121. The average molecular weight is 547 g/mol. The predicted octanol–water partition coefficient (Wildman–Crippen LogP) is 2.01. The van der Waals surface area contributed by atoms with Crippen LogP contribution < -0.4 is 21.1 Å². The van der Waals surface area contributed by atoms with Crippen molar-refractivity contribution < 1.29 is 28.1 Å². The Morgan fingerprint density at radius 3 is 2.53 bits per heavy atom. The molecule has 0 aliphatic carbocycles. The second-order valence-electron chi connectivity index (χ2n) is 7.38. The number of amides is 1. The van der Waals surface area contributed by atoms with Crippen molar-refractivity contribution in [2.75, 3.05) is 60.3 Å². The van der Waals surface area contributed by atoms with Crippen molar-refractivity contribution in [3.8, 4) is 5.75 Å². The Bertz CT molecular complexity index is 999. The maximum absolute atomic E-state index is 14.2. The lowest BCUT2D eigenvalue weighted by atomic mass is 10.2. The van der Waals surface area contributed by atoms with E-state index in [-0.39, 0.29) is 24.1 Å². The maximum Gasteiger partial charge on any atom is 0.345 e. The van der Waals surface area contributed by atoms with Gasteiger partial charge in [0.1, 0.15) is 11.6 Å². The number of methoxy groups -OCH3 is 1. The van der Waals surface area contributed by atoms with Gasteiger partial charge in [0.05, 0.1) is 61.6 Å². The summed E-state index contributed by atoms with van der Waals surface area (Å²) in [6.45, 7) is 3.34. The molecule has 0 radical (unpaired) electrons. The summed E-state index contributed by atoms with van der Waals surface area (Å²) in [5.41, 5.74) is -0.267. The van der Waals surface area contributed by atoms with Gasteiger partial charge in [-0.15, -0.1) is 0 Å². The van der Waals surface area contributed by atoms with Gasteiger partial charge in [-0.25, -0.2) is 14.2 Å². The Hall–Kier alpha value is -2.22. The third-order valence-electron chi connectivity index (χ3n) is 4.76. The molecule has 0 saturated heterocycles. The molecule has 0 saturated carbocycles. The molecule has 0 bridgehead atoms. The number of nitrogens with one attached hydrogen (secondary N) is 3. The molecule has 3 N–H and O–H groups in total. The molecule has 1 amide bonds. The minimum Gasteiger partial charge on any atom is -0.497 e. The third kappa shape index (κ3) is 11.2. The second-order valence-corrected chi connectivity index (χ2v) is 9.00. The van der Waals surface area contributed by atoms with Gasteiger partial charge in [-0.1, -0.05) is 29.4 Å². The number of hydrogen-bond acceptors (Lipinski definition) is 9. The summed E-state index contributed by atoms with van der Waals surface area (Å²) in [7, 11) is 3.30. The summed E-state index contributed by atoms with van der Waals surface area (Å²) >= 11 is 7.21. The number of halogens is 2. The molecule has 36 heavy (non-hydrogen) atoms. The first-order valence-electron chi connectivity index (χ1n) is 11.3. The van der Waals surface area contributed by atoms with Gasteiger partial charge in [-0.2, -0.15) is 0 Å². The van der Waals surface area contributed by atoms with Crippen LogP contribution in [0.25, 0.3) is 0 Å². The highest BCUT2D eigenvalue weighted by molar-refractivity contribution is 8.00. The fourth-order valence-electron chi connectivity index (χ4n) is 2.84. The molecule has 10 nitrogen and oxygen atoms in total. The van der Waals surface area contributed by atoms with Gasteiger partial charge in [0.2, 0.25) is 5.91 Å². The largest absolute Gasteiger partial charge is 0.497 e. The zero-order chi connectivity index (χ0) is 26.2. The molecule has 0 aliphatic rings. The van der Waals surface area contributed by atoms with Crippen LogP contribution in [0.5, 0.6) is 5.75 Å². The number of hydrogen-bond donors (Lipinski definition) is 3. The van der Waals surface area contributed by atoms with Crippen LogP contribution in [0, 0.1) is 5.82 Å². The number of nitrogens with zero attached hydrogens (tertiary/aromatic N) is 1. The lowest BCUT2D eigenvalue weighted by Crippen LogP contribution is -2.33. The minimum atomic E-state index is -0.664. The van der Waals surface area contributed by atoms with Crippen LogP contribution in [0.15, 0.2) is 34.2 Å². The molecule has 1 aromatic heterocycles. The van der Waals surface area contributed by atoms with Crippen LogP contribution in [-0.2, 0) is 25.5 Å². The fourth-order valence-corrected chi connectivity index (χ4v) is 4.07. The van der Waals surface area contributed by atoms with Gasteiger partial charge in [-0.05, 0) is 19.5 Å². The highest BCUT2D eigenvalue weighted by Crippen LogP contribution is 2.29. The SMILES string of the molecule is CNCCOCCOCCOCCC(Sc1[nH]c(=O)ncc1Cl)C(=O)NCc1ccc(OC)cc1F. The number of rotatable bonds is 18. The number of likely N-dealkylation sites (N-methyl/N-ethyl adjacent to an activating group) is 1. The first-order chi connectivity index (χ1) is 17.4. The standard InChI is InChI=1S/C23H32ClFN4O6S/c1-26-6-8-34-10-12-35-11-9-33-7-5-20(36-22-18(24)15-28-23(31)29-22)21(30)27-14-16-3-4-17(32-2)13-19(16)25/h3-4,13,15,20,26H,5-12,14H2,1-2H3,(H,27,30)(H,28,29,31). The second kappa shape index (κ2) is 17.3. The average Bonchev–Trinajstić information content (AvgIpc) is 2.87. The molecule has 1 heterocycles. The van der Waals surface area contributed by atoms with Crippen molar-refractivity contribution in [3.05, 3.63) is 51.3 Å². The number of benzene rings is 1. The van der Waals surface area contributed by atoms with Crippen molar-refractivity contribution in [1.29, 1.82) is 0 Å². The lowest BCUT2D eigenvalue weighted by Gasteiger charge is -2.17. The molecule has 1 aromatic carbocycles. The third-order valence-corrected chi connectivity index (χ3v) is 6.45. The van der Waals surface area contributed by atoms with E-state index < -0.39 is 16.8 Å². The van der Waals surface area contributed by atoms with Crippen molar-refractivity contribution in [1.82, 2.24) is 20.6 Å². The van der Waals surface area contributed by atoms with Gasteiger partial charge in [0.25, 0.3) is 0 Å². The Labute approximate surface area is 218 Å². The van der Waals surface area contributed by atoms with Crippen molar-refractivity contribution in [3.63, 3.8) is 0 Å². The molecule has 0 spiro atoms. The number of carbonyl (C=O) groups is 1. The summed E-state index contributed by atoms with van der Waals surface area (Å²) < 4.78 is 35.6. The van der Waals surface area contributed by atoms with E-state index in [2.05, 4.69) is 20.6 Å². The molecule has 0 fully saturated rings. The van der Waals surface area contributed by atoms with E-state index in [1.165, 1.54) is 19.4 Å². The van der Waals surface area contributed by atoms with Gasteiger partial charge in [-0.3, -0.25) is 9.78 Å². The van der Waals surface area contributed by atoms with Crippen LogP contribution in [-0.4, -0.2) is 81.5 Å². The molecule has 200 valence electrons. The number of aromatic amines is 1. The quantitative estimate of drug-likeness (QED) is 0.146. The normalized spacial score (nSPS) is 11.9. The summed E-state index contributed by atoms with van der Waals surface area (Å²) in [4.78, 5) is 30.6. The van der Waals surface area contributed by atoms with E-state index in [0.29, 0.717) is 55.8 Å².